The maximum atomic E-state index is 12.8. The SMILES string of the molecule is COc1ccc(CC2OCC(C)(C)[C@H](C(=O)NCCC(=O)NCCSC(=O)CCCC=O)O2)cc1. The first-order chi connectivity index (χ1) is 16.7. The van der Waals surface area contributed by atoms with E-state index < -0.39 is 17.8 Å². The molecule has 0 aromatic heterocycles. The average Bonchev–Trinajstić information content (AvgIpc) is 2.83. The van der Waals surface area contributed by atoms with Crippen molar-refractivity contribution in [2.24, 2.45) is 5.41 Å². The van der Waals surface area contributed by atoms with Crippen LogP contribution >= 0.6 is 11.8 Å². The van der Waals surface area contributed by atoms with Gasteiger partial charge in [0.15, 0.2) is 11.4 Å². The van der Waals surface area contributed by atoms with Crippen LogP contribution in [0.3, 0.4) is 0 Å². The number of nitrogens with one attached hydrogen (secondary N) is 2. The van der Waals surface area contributed by atoms with E-state index in [1.54, 1.807) is 7.11 Å². The molecule has 194 valence electrons. The summed E-state index contributed by atoms with van der Waals surface area (Å²) in [5.74, 6) is 0.753. The Morgan fingerprint density at radius 3 is 2.57 bits per heavy atom. The van der Waals surface area contributed by atoms with Gasteiger partial charge in [-0.3, -0.25) is 14.4 Å². The van der Waals surface area contributed by atoms with Crippen LogP contribution in [0.4, 0.5) is 0 Å². The zero-order chi connectivity index (χ0) is 25.7. The van der Waals surface area contributed by atoms with Gasteiger partial charge >= 0.3 is 0 Å². The second-order valence-electron chi connectivity index (χ2n) is 8.97. The van der Waals surface area contributed by atoms with Gasteiger partial charge in [0, 0.05) is 49.9 Å². The Labute approximate surface area is 211 Å². The van der Waals surface area contributed by atoms with Gasteiger partial charge in [0.1, 0.15) is 18.1 Å². The van der Waals surface area contributed by atoms with Crippen LogP contribution in [0.2, 0.25) is 0 Å². The number of amides is 2. The highest BCUT2D eigenvalue weighted by Gasteiger charge is 2.42. The molecular formula is C25H36N2O7S. The molecule has 0 spiro atoms. The van der Waals surface area contributed by atoms with E-state index in [0.717, 1.165) is 29.4 Å². The third-order valence-corrected chi connectivity index (χ3v) is 6.41. The number of methoxy groups -OCH3 is 1. The Bertz CT molecular complexity index is 845. The quantitative estimate of drug-likeness (QED) is 0.290. The Morgan fingerprint density at radius 1 is 1.14 bits per heavy atom. The highest BCUT2D eigenvalue weighted by atomic mass is 32.2. The standard InChI is InChI=1S/C25H36N2O7S/c1-25(2)17-33-22(16-18-7-9-19(32-3)10-8-18)34-23(25)24(31)27-12-11-20(29)26-13-15-35-21(30)6-4-5-14-28/h7-10,14,22-23H,4-6,11-13,15-17H2,1-3H3,(H,26,29)(H,27,31)/t22?,23-/m0/s1. The molecule has 1 aromatic carbocycles. The highest BCUT2D eigenvalue weighted by Crippen LogP contribution is 2.31. The lowest BCUT2D eigenvalue weighted by Gasteiger charge is -2.41. The van der Waals surface area contributed by atoms with Crippen LogP contribution in [0.5, 0.6) is 5.75 Å². The van der Waals surface area contributed by atoms with Gasteiger partial charge in [0.25, 0.3) is 0 Å². The van der Waals surface area contributed by atoms with E-state index in [1.807, 2.05) is 38.1 Å². The molecule has 9 nitrogen and oxygen atoms in total. The number of benzene rings is 1. The van der Waals surface area contributed by atoms with Gasteiger partial charge in [-0.05, 0) is 24.1 Å². The lowest BCUT2D eigenvalue weighted by atomic mass is 9.85. The van der Waals surface area contributed by atoms with Crippen LogP contribution in [0.25, 0.3) is 0 Å². The predicted octanol–water partition coefficient (Wildman–Crippen LogP) is 2.26. The maximum Gasteiger partial charge on any atom is 0.249 e. The second-order valence-corrected chi connectivity index (χ2v) is 10.1. The van der Waals surface area contributed by atoms with Crippen LogP contribution < -0.4 is 15.4 Å². The topological polar surface area (TPSA) is 120 Å². The number of aldehydes is 1. The highest BCUT2D eigenvalue weighted by molar-refractivity contribution is 8.13. The fraction of sp³-hybridized carbons (Fsp3) is 0.600. The van der Waals surface area contributed by atoms with E-state index in [0.29, 0.717) is 44.6 Å². The summed E-state index contributed by atoms with van der Waals surface area (Å²) in [6, 6.07) is 7.59. The molecule has 1 saturated heterocycles. The van der Waals surface area contributed by atoms with Gasteiger partial charge in [0.05, 0.1) is 13.7 Å². The smallest absolute Gasteiger partial charge is 0.249 e. The first-order valence-corrected chi connectivity index (χ1v) is 12.8. The minimum atomic E-state index is -0.704. The number of thioether (sulfide) groups is 1. The summed E-state index contributed by atoms with van der Waals surface area (Å²) in [4.78, 5) is 46.7. The van der Waals surface area contributed by atoms with Crippen LogP contribution in [0, 0.1) is 5.41 Å². The molecule has 2 N–H and O–H groups in total. The first-order valence-electron chi connectivity index (χ1n) is 11.8. The zero-order valence-corrected chi connectivity index (χ0v) is 21.5. The number of unbranched alkanes of at least 4 members (excludes halogenated alkanes) is 1. The summed E-state index contributed by atoms with van der Waals surface area (Å²) in [6.45, 7) is 4.73. The summed E-state index contributed by atoms with van der Waals surface area (Å²) < 4.78 is 17.0. The van der Waals surface area contributed by atoms with Gasteiger partial charge in [-0.15, -0.1) is 0 Å². The molecule has 0 bridgehead atoms. The van der Waals surface area contributed by atoms with Crippen molar-refractivity contribution in [1.29, 1.82) is 0 Å². The van der Waals surface area contributed by atoms with E-state index in [2.05, 4.69) is 10.6 Å². The van der Waals surface area contributed by atoms with E-state index >= 15 is 0 Å². The lowest BCUT2D eigenvalue weighted by molar-refractivity contribution is -0.253. The summed E-state index contributed by atoms with van der Waals surface area (Å²) in [6.07, 6.45) is 1.47. The largest absolute Gasteiger partial charge is 0.497 e. The van der Waals surface area contributed by atoms with Crippen molar-refractivity contribution >= 4 is 35.0 Å². The van der Waals surface area contributed by atoms with Crippen molar-refractivity contribution in [2.45, 2.75) is 58.3 Å². The van der Waals surface area contributed by atoms with Crippen LogP contribution in [-0.4, -0.2) is 68.2 Å². The normalized spacial score (nSPS) is 18.9. The molecule has 1 fully saturated rings. The summed E-state index contributed by atoms with van der Waals surface area (Å²) >= 11 is 1.14. The number of carbonyl (C=O) groups is 4. The molecule has 10 heteroatoms. The third-order valence-electron chi connectivity index (χ3n) is 5.48. The molecule has 1 heterocycles. The van der Waals surface area contributed by atoms with Crippen LogP contribution in [0.1, 0.15) is 45.1 Å². The summed E-state index contributed by atoms with van der Waals surface area (Å²) in [5, 5.41) is 5.54. The van der Waals surface area contributed by atoms with Crippen LogP contribution in [-0.2, 0) is 35.1 Å². The zero-order valence-electron chi connectivity index (χ0n) is 20.7. The lowest BCUT2D eigenvalue weighted by Crippen LogP contribution is -2.54. The van der Waals surface area contributed by atoms with E-state index in [4.69, 9.17) is 14.2 Å². The molecule has 0 aliphatic carbocycles. The van der Waals surface area contributed by atoms with Crippen molar-refractivity contribution in [3.63, 3.8) is 0 Å². The molecule has 1 aliphatic rings. The van der Waals surface area contributed by atoms with Crippen molar-refractivity contribution in [1.82, 2.24) is 10.6 Å². The Hall–Kier alpha value is -2.43. The summed E-state index contributed by atoms with van der Waals surface area (Å²) in [5.41, 5.74) is 0.491. The molecular weight excluding hydrogens is 472 g/mol. The number of ether oxygens (including phenoxy) is 3. The molecule has 1 aromatic rings. The van der Waals surface area contributed by atoms with Gasteiger partial charge in [-0.25, -0.2) is 0 Å². The third kappa shape index (κ3) is 10.4. The Morgan fingerprint density at radius 2 is 1.89 bits per heavy atom. The second kappa shape index (κ2) is 14.9. The van der Waals surface area contributed by atoms with Crippen molar-refractivity contribution in [2.75, 3.05) is 32.6 Å². The fourth-order valence-corrected chi connectivity index (χ4v) is 4.19. The molecule has 2 amide bonds. The van der Waals surface area contributed by atoms with Crippen molar-refractivity contribution in [3.05, 3.63) is 29.8 Å². The van der Waals surface area contributed by atoms with Gasteiger partial charge < -0.3 is 29.6 Å². The fourth-order valence-electron chi connectivity index (χ4n) is 3.47. The molecule has 0 saturated carbocycles. The predicted molar refractivity (Wildman–Crippen MR) is 133 cm³/mol. The number of hydrogen-bond acceptors (Lipinski definition) is 8. The van der Waals surface area contributed by atoms with Crippen molar-refractivity contribution in [3.8, 4) is 5.75 Å². The molecule has 35 heavy (non-hydrogen) atoms. The Kier molecular flexibility index (Phi) is 12.2. The van der Waals surface area contributed by atoms with E-state index in [1.165, 1.54) is 0 Å². The van der Waals surface area contributed by atoms with Crippen LogP contribution in [0.15, 0.2) is 24.3 Å². The monoisotopic (exact) mass is 508 g/mol. The van der Waals surface area contributed by atoms with Gasteiger partial charge in [0.2, 0.25) is 11.8 Å². The average molecular weight is 509 g/mol. The maximum absolute atomic E-state index is 12.8. The minimum Gasteiger partial charge on any atom is -0.497 e. The molecule has 1 unspecified atom stereocenters. The van der Waals surface area contributed by atoms with Gasteiger partial charge in [-0.2, -0.15) is 0 Å². The van der Waals surface area contributed by atoms with E-state index in [9.17, 15) is 19.2 Å². The minimum absolute atomic E-state index is 0.0118. The van der Waals surface area contributed by atoms with E-state index in [-0.39, 0.29) is 29.9 Å². The van der Waals surface area contributed by atoms with Crippen molar-refractivity contribution < 1.29 is 33.4 Å². The molecule has 1 aliphatic heterocycles. The molecule has 0 radical (unpaired) electrons. The molecule has 2 rings (SSSR count). The summed E-state index contributed by atoms with van der Waals surface area (Å²) in [7, 11) is 1.61. The number of carbonyl (C=O) groups excluding carboxylic acids is 4. The number of rotatable bonds is 14. The van der Waals surface area contributed by atoms with Gasteiger partial charge in [-0.1, -0.05) is 37.7 Å². The molecule has 2 atom stereocenters. The Balaban J connectivity index is 1.70. The first kappa shape index (κ1) is 28.8. The number of hydrogen-bond donors (Lipinski definition) is 2.